The quantitative estimate of drug-likeness (QED) is 0.731. The normalized spacial score (nSPS) is 31.5. The second-order valence-electron chi connectivity index (χ2n) is 7.91. The van der Waals surface area contributed by atoms with E-state index in [2.05, 4.69) is 20.8 Å². The van der Waals surface area contributed by atoms with E-state index in [1.807, 2.05) is 30.3 Å². The van der Waals surface area contributed by atoms with E-state index in [0.29, 0.717) is 17.8 Å². The Morgan fingerprint density at radius 1 is 1.12 bits per heavy atom. The van der Waals surface area contributed by atoms with Crippen LogP contribution in [-0.2, 0) is 19.0 Å². The molecule has 0 amide bonds. The standard InChI is InChI=1S/C21H28O5/c1-13(2)16-10-9-14(3)11-17(16)24-21(23)25-18-12-19(22)26-20(18)15-7-5-4-6-8-15/h4-8,13-14,16-18,20H,9-12H2,1-3H3/t14-,16+,17-,18+,20-/m1/s1. The summed E-state index contributed by atoms with van der Waals surface area (Å²) in [4.78, 5) is 24.2. The van der Waals surface area contributed by atoms with Crippen LogP contribution in [0.4, 0.5) is 4.79 Å². The van der Waals surface area contributed by atoms with Gasteiger partial charge in [-0.2, -0.15) is 0 Å². The molecule has 5 atom stereocenters. The fraction of sp³-hybridized carbons (Fsp3) is 0.619. The molecular weight excluding hydrogens is 332 g/mol. The summed E-state index contributed by atoms with van der Waals surface area (Å²) in [6.45, 7) is 6.52. The van der Waals surface area contributed by atoms with Crippen molar-refractivity contribution in [2.75, 3.05) is 0 Å². The molecule has 0 spiro atoms. The third kappa shape index (κ3) is 4.37. The van der Waals surface area contributed by atoms with Crippen LogP contribution >= 0.6 is 0 Å². The van der Waals surface area contributed by atoms with Crippen LogP contribution < -0.4 is 0 Å². The number of hydrogen-bond acceptors (Lipinski definition) is 5. The van der Waals surface area contributed by atoms with Gasteiger partial charge in [0.15, 0.2) is 12.2 Å². The number of hydrogen-bond donors (Lipinski definition) is 0. The summed E-state index contributed by atoms with van der Waals surface area (Å²) >= 11 is 0. The maximum Gasteiger partial charge on any atom is 0.508 e. The lowest BCUT2D eigenvalue weighted by atomic mass is 9.75. The van der Waals surface area contributed by atoms with Crippen LogP contribution in [0.15, 0.2) is 30.3 Å². The molecule has 1 saturated carbocycles. The van der Waals surface area contributed by atoms with Gasteiger partial charge in [0, 0.05) is 0 Å². The van der Waals surface area contributed by atoms with Crippen LogP contribution in [0, 0.1) is 17.8 Å². The lowest BCUT2D eigenvalue weighted by molar-refractivity contribution is -0.142. The Hall–Kier alpha value is -2.04. The molecule has 0 bridgehead atoms. The number of carbonyl (C=O) groups is 2. The van der Waals surface area contributed by atoms with Gasteiger partial charge in [-0.15, -0.1) is 0 Å². The molecule has 0 N–H and O–H groups in total. The van der Waals surface area contributed by atoms with E-state index in [9.17, 15) is 9.59 Å². The molecule has 1 aliphatic carbocycles. The number of benzene rings is 1. The maximum atomic E-state index is 12.4. The predicted molar refractivity (Wildman–Crippen MR) is 96.4 cm³/mol. The van der Waals surface area contributed by atoms with Gasteiger partial charge in [0.1, 0.15) is 6.10 Å². The van der Waals surface area contributed by atoms with Crippen molar-refractivity contribution >= 4 is 12.1 Å². The SMILES string of the molecule is CC(C)[C@@H]1CC[C@@H](C)C[C@H]1OC(=O)O[C@H]1CC(=O)O[C@@H]1c1ccccc1. The molecule has 0 aromatic heterocycles. The molecule has 3 rings (SSSR count). The Labute approximate surface area is 155 Å². The highest BCUT2D eigenvalue weighted by Crippen LogP contribution is 2.36. The van der Waals surface area contributed by atoms with Crippen LogP contribution in [0.5, 0.6) is 0 Å². The van der Waals surface area contributed by atoms with Gasteiger partial charge in [-0.25, -0.2) is 4.79 Å². The number of ether oxygens (including phenoxy) is 3. The van der Waals surface area contributed by atoms with Crippen molar-refractivity contribution in [2.24, 2.45) is 17.8 Å². The van der Waals surface area contributed by atoms with Crippen LogP contribution in [0.3, 0.4) is 0 Å². The topological polar surface area (TPSA) is 61.8 Å². The first kappa shape index (κ1) is 18.7. The van der Waals surface area contributed by atoms with Crippen LogP contribution in [0.1, 0.15) is 58.1 Å². The smallest absolute Gasteiger partial charge is 0.453 e. The Balaban J connectivity index is 1.63. The summed E-state index contributed by atoms with van der Waals surface area (Å²) in [5, 5.41) is 0. The van der Waals surface area contributed by atoms with Crippen molar-refractivity contribution in [3.8, 4) is 0 Å². The third-order valence-corrected chi connectivity index (χ3v) is 5.55. The van der Waals surface area contributed by atoms with Crippen LogP contribution in [-0.4, -0.2) is 24.3 Å². The minimum atomic E-state index is -0.695. The molecule has 2 aliphatic rings. The molecule has 5 nitrogen and oxygen atoms in total. The number of carbonyl (C=O) groups excluding carboxylic acids is 2. The van der Waals surface area contributed by atoms with E-state index >= 15 is 0 Å². The van der Waals surface area contributed by atoms with Crippen molar-refractivity contribution in [1.29, 1.82) is 0 Å². The Morgan fingerprint density at radius 3 is 2.50 bits per heavy atom. The molecule has 1 saturated heterocycles. The number of esters is 1. The monoisotopic (exact) mass is 360 g/mol. The summed E-state index contributed by atoms with van der Waals surface area (Å²) < 4.78 is 16.6. The molecule has 1 aliphatic heterocycles. The molecule has 1 heterocycles. The van der Waals surface area contributed by atoms with Crippen molar-refractivity contribution in [3.63, 3.8) is 0 Å². The Morgan fingerprint density at radius 2 is 1.81 bits per heavy atom. The van der Waals surface area contributed by atoms with Gasteiger partial charge in [0.25, 0.3) is 0 Å². The van der Waals surface area contributed by atoms with Gasteiger partial charge in [-0.3, -0.25) is 4.79 Å². The van der Waals surface area contributed by atoms with Gasteiger partial charge in [-0.1, -0.05) is 57.5 Å². The fourth-order valence-corrected chi connectivity index (χ4v) is 4.09. The first-order valence-electron chi connectivity index (χ1n) is 9.55. The average Bonchev–Trinajstić information content (AvgIpc) is 2.95. The maximum absolute atomic E-state index is 12.4. The first-order valence-corrected chi connectivity index (χ1v) is 9.55. The summed E-state index contributed by atoms with van der Waals surface area (Å²) in [7, 11) is 0. The number of rotatable bonds is 4. The van der Waals surface area contributed by atoms with Crippen molar-refractivity contribution in [3.05, 3.63) is 35.9 Å². The zero-order valence-electron chi connectivity index (χ0n) is 15.7. The third-order valence-electron chi connectivity index (χ3n) is 5.55. The number of cyclic esters (lactones) is 1. The van der Waals surface area contributed by atoms with E-state index in [0.717, 1.165) is 18.4 Å². The predicted octanol–water partition coefficient (Wildman–Crippen LogP) is 4.66. The van der Waals surface area contributed by atoms with E-state index in [1.54, 1.807) is 0 Å². The largest absolute Gasteiger partial charge is 0.508 e. The molecule has 5 heteroatoms. The highest BCUT2D eigenvalue weighted by molar-refractivity contribution is 5.74. The summed E-state index contributed by atoms with van der Waals surface area (Å²) in [5.74, 6) is 0.984. The zero-order valence-corrected chi connectivity index (χ0v) is 15.7. The van der Waals surface area contributed by atoms with Crippen molar-refractivity contribution in [2.45, 2.75) is 64.8 Å². The molecule has 1 aromatic rings. The highest BCUT2D eigenvalue weighted by atomic mass is 16.7. The average molecular weight is 360 g/mol. The second kappa shape index (κ2) is 8.11. The zero-order chi connectivity index (χ0) is 18.7. The minimum absolute atomic E-state index is 0.0589. The molecule has 0 radical (unpaired) electrons. The minimum Gasteiger partial charge on any atom is -0.453 e. The van der Waals surface area contributed by atoms with Gasteiger partial charge >= 0.3 is 12.1 Å². The van der Waals surface area contributed by atoms with E-state index < -0.39 is 18.4 Å². The highest BCUT2D eigenvalue weighted by Gasteiger charge is 2.40. The molecule has 26 heavy (non-hydrogen) atoms. The molecule has 142 valence electrons. The van der Waals surface area contributed by atoms with Gasteiger partial charge in [0.05, 0.1) is 6.42 Å². The second-order valence-corrected chi connectivity index (χ2v) is 7.91. The van der Waals surface area contributed by atoms with E-state index in [4.69, 9.17) is 14.2 Å². The Kier molecular flexibility index (Phi) is 5.84. The molecular formula is C21H28O5. The summed E-state index contributed by atoms with van der Waals surface area (Å²) in [6.07, 6.45) is 1.12. The fourth-order valence-electron chi connectivity index (χ4n) is 4.09. The van der Waals surface area contributed by atoms with E-state index in [-0.39, 0.29) is 18.5 Å². The van der Waals surface area contributed by atoms with Crippen molar-refractivity contribution < 1.29 is 23.8 Å². The lowest BCUT2D eigenvalue weighted by Gasteiger charge is -2.36. The Bertz CT molecular complexity index is 627. The molecule has 0 unspecified atom stereocenters. The van der Waals surface area contributed by atoms with Crippen LogP contribution in [0.25, 0.3) is 0 Å². The first-order chi connectivity index (χ1) is 12.4. The molecule has 2 fully saturated rings. The lowest BCUT2D eigenvalue weighted by Crippen LogP contribution is -2.37. The van der Waals surface area contributed by atoms with Gasteiger partial charge in [0.2, 0.25) is 0 Å². The van der Waals surface area contributed by atoms with Gasteiger partial charge in [-0.05, 0) is 36.2 Å². The summed E-state index contributed by atoms with van der Waals surface area (Å²) in [6, 6.07) is 9.35. The van der Waals surface area contributed by atoms with E-state index in [1.165, 1.54) is 6.42 Å². The molecule has 1 aromatic carbocycles. The summed E-state index contributed by atoms with van der Waals surface area (Å²) in [5.41, 5.74) is 0.822. The van der Waals surface area contributed by atoms with Crippen molar-refractivity contribution in [1.82, 2.24) is 0 Å². The van der Waals surface area contributed by atoms with Gasteiger partial charge < -0.3 is 14.2 Å². The van der Waals surface area contributed by atoms with Crippen LogP contribution in [0.2, 0.25) is 0 Å².